The number of ketones is 2. The van der Waals surface area contributed by atoms with E-state index in [2.05, 4.69) is 5.32 Å². The first-order chi connectivity index (χ1) is 14.4. The lowest BCUT2D eigenvalue weighted by Gasteiger charge is -2.35. The molecule has 1 heterocycles. The molecule has 0 radical (unpaired) electrons. The fourth-order valence-electron chi connectivity index (χ4n) is 3.64. The molecule has 0 aromatic carbocycles. The van der Waals surface area contributed by atoms with Crippen molar-refractivity contribution in [3.63, 3.8) is 0 Å². The predicted octanol–water partition coefficient (Wildman–Crippen LogP) is 1.95. The average molecular weight is 440 g/mol. The van der Waals surface area contributed by atoms with Crippen LogP contribution in [0.25, 0.3) is 0 Å². The van der Waals surface area contributed by atoms with Crippen LogP contribution in [0.1, 0.15) is 73.6 Å². The maximum Gasteiger partial charge on any atom is 0.234 e. The summed E-state index contributed by atoms with van der Waals surface area (Å²) in [5, 5.41) is 3.07. The average Bonchev–Trinajstić information content (AvgIpc) is 2.65. The van der Waals surface area contributed by atoms with Crippen molar-refractivity contribution in [1.82, 2.24) is 15.1 Å². The minimum Gasteiger partial charge on any atom is -0.375 e. The van der Waals surface area contributed by atoms with Gasteiger partial charge in [-0.25, -0.2) is 0 Å². The molecular weight excluding hydrogens is 398 g/mol. The number of ether oxygens (including phenoxy) is 1. The van der Waals surface area contributed by atoms with E-state index in [9.17, 15) is 19.2 Å². The van der Waals surface area contributed by atoms with E-state index in [1.165, 1.54) is 6.92 Å². The Hall–Kier alpha value is -1.80. The zero-order chi connectivity index (χ0) is 23.7. The standard InChI is InChI=1S/C23H41N3O5/c1-7-23(6,16-19(3)28)31-15-10-22(4,5)24-20(29)17-25-11-13-26(14-12-25)21(30)9-8-18(2)27/h7-17H2,1-6H3,(H,24,29). The number of rotatable bonds is 13. The van der Waals surface area contributed by atoms with Crippen LogP contribution in [0.2, 0.25) is 0 Å². The van der Waals surface area contributed by atoms with Gasteiger partial charge in [0.05, 0.1) is 12.1 Å². The van der Waals surface area contributed by atoms with Gasteiger partial charge in [0, 0.05) is 57.6 Å². The zero-order valence-electron chi connectivity index (χ0n) is 20.2. The summed E-state index contributed by atoms with van der Waals surface area (Å²) in [5.41, 5.74) is -0.889. The molecule has 8 nitrogen and oxygen atoms in total. The quantitative estimate of drug-likeness (QED) is 0.471. The van der Waals surface area contributed by atoms with Crippen LogP contribution in [0.3, 0.4) is 0 Å². The van der Waals surface area contributed by atoms with Gasteiger partial charge in [0.1, 0.15) is 11.6 Å². The van der Waals surface area contributed by atoms with Crippen molar-refractivity contribution in [1.29, 1.82) is 0 Å². The molecule has 8 heteroatoms. The summed E-state index contributed by atoms with van der Waals surface area (Å²) < 4.78 is 5.98. The summed E-state index contributed by atoms with van der Waals surface area (Å²) in [6, 6.07) is 0. The molecule has 0 aromatic rings. The normalized spacial score (nSPS) is 17.2. The molecule has 2 amide bonds. The van der Waals surface area contributed by atoms with Crippen molar-refractivity contribution in [2.24, 2.45) is 0 Å². The van der Waals surface area contributed by atoms with Gasteiger partial charge in [-0.05, 0) is 47.5 Å². The van der Waals surface area contributed by atoms with Gasteiger partial charge in [0.15, 0.2) is 0 Å². The molecule has 0 aliphatic carbocycles. The fraction of sp³-hybridized carbons (Fsp3) is 0.826. The first-order valence-corrected chi connectivity index (χ1v) is 11.3. The Morgan fingerprint density at radius 2 is 1.55 bits per heavy atom. The molecule has 0 spiro atoms. The summed E-state index contributed by atoms with van der Waals surface area (Å²) >= 11 is 0. The zero-order valence-corrected chi connectivity index (χ0v) is 20.2. The van der Waals surface area contributed by atoms with Gasteiger partial charge < -0.3 is 19.7 Å². The maximum absolute atomic E-state index is 12.5. The van der Waals surface area contributed by atoms with Crippen molar-refractivity contribution < 1.29 is 23.9 Å². The van der Waals surface area contributed by atoms with E-state index < -0.39 is 11.1 Å². The van der Waals surface area contributed by atoms with Gasteiger partial charge in [0.2, 0.25) is 11.8 Å². The predicted molar refractivity (Wildman–Crippen MR) is 120 cm³/mol. The lowest BCUT2D eigenvalue weighted by atomic mass is 9.96. The maximum atomic E-state index is 12.5. The molecule has 0 saturated carbocycles. The minimum absolute atomic E-state index is 0.00397. The summed E-state index contributed by atoms with van der Waals surface area (Å²) in [6.07, 6.45) is 2.33. The molecule has 1 fully saturated rings. The van der Waals surface area contributed by atoms with E-state index in [4.69, 9.17) is 4.74 Å². The van der Waals surface area contributed by atoms with Crippen LogP contribution >= 0.6 is 0 Å². The number of carbonyl (C=O) groups is 4. The first-order valence-electron chi connectivity index (χ1n) is 11.3. The van der Waals surface area contributed by atoms with Gasteiger partial charge in [-0.2, -0.15) is 0 Å². The van der Waals surface area contributed by atoms with E-state index in [1.807, 2.05) is 32.6 Å². The summed E-state index contributed by atoms with van der Waals surface area (Å²) in [7, 11) is 0. The molecular formula is C23H41N3O5. The van der Waals surface area contributed by atoms with Crippen LogP contribution in [-0.2, 0) is 23.9 Å². The number of amides is 2. The smallest absolute Gasteiger partial charge is 0.234 e. The third-order valence-corrected chi connectivity index (χ3v) is 5.81. The van der Waals surface area contributed by atoms with Crippen molar-refractivity contribution in [3.8, 4) is 0 Å². The van der Waals surface area contributed by atoms with Gasteiger partial charge in [-0.15, -0.1) is 0 Å². The van der Waals surface area contributed by atoms with E-state index >= 15 is 0 Å². The van der Waals surface area contributed by atoms with Crippen molar-refractivity contribution in [2.45, 2.75) is 84.8 Å². The van der Waals surface area contributed by atoms with E-state index in [1.54, 1.807) is 11.8 Å². The first kappa shape index (κ1) is 27.2. The Labute approximate surface area is 187 Å². The van der Waals surface area contributed by atoms with Crippen molar-refractivity contribution >= 4 is 23.4 Å². The Morgan fingerprint density at radius 3 is 2.06 bits per heavy atom. The highest BCUT2D eigenvalue weighted by atomic mass is 16.5. The SMILES string of the molecule is CCC(C)(CC(C)=O)OCCC(C)(C)NC(=O)CN1CCN(C(=O)CCC(C)=O)CC1. The van der Waals surface area contributed by atoms with Crippen LogP contribution < -0.4 is 5.32 Å². The number of piperazine rings is 1. The molecule has 1 saturated heterocycles. The summed E-state index contributed by atoms with van der Waals surface area (Å²) in [6.45, 7) is 14.1. The molecule has 0 aromatic heterocycles. The molecule has 1 aliphatic rings. The second kappa shape index (κ2) is 12.3. The third kappa shape index (κ3) is 10.9. The number of hydrogen-bond acceptors (Lipinski definition) is 6. The van der Waals surface area contributed by atoms with E-state index in [-0.39, 0.29) is 42.8 Å². The number of nitrogens with zero attached hydrogens (tertiary/aromatic N) is 2. The molecule has 0 bridgehead atoms. The van der Waals surface area contributed by atoms with Gasteiger partial charge >= 0.3 is 0 Å². The third-order valence-electron chi connectivity index (χ3n) is 5.81. The highest BCUT2D eigenvalue weighted by molar-refractivity contribution is 5.83. The number of nitrogens with one attached hydrogen (secondary N) is 1. The molecule has 1 atom stereocenters. The summed E-state index contributed by atoms with van der Waals surface area (Å²) in [5.74, 6) is 0.0834. The second-order valence-corrected chi connectivity index (χ2v) is 9.57. The van der Waals surface area contributed by atoms with Gasteiger partial charge in [0.25, 0.3) is 0 Å². The Kier molecular flexibility index (Phi) is 10.8. The van der Waals surface area contributed by atoms with Crippen LogP contribution in [0.5, 0.6) is 0 Å². The Bertz CT molecular complexity index is 641. The number of hydrogen-bond donors (Lipinski definition) is 1. The molecule has 1 N–H and O–H groups in total. The Morgan fingerprint density at radius 1 is 0.935 bits per heavy atom. The Balaban J connectivity index is 2.37. The van der Waals surface area contributed by atoms with E-state index in [0.717, 1.165) is 6.42 Å². The number of Topliss-reactive ketones (excluding diaryl/α,β-unsaturated/α-hetero) is 2. The van der Waals surface area contributed by atoms with Crippen LogP contribution in [0.15, 0.2) is 0 Å². The molecule has 1 unspecified atom stereocenters. The van der Waals surface area contributed by atoms with Crippen LogP contribution in [-0.4, -0.2) is 83.7 Å². The lowest BCUT2D eigenvalue weighted by molar-refractivity contribution is -0.135. The van der Waals surface area contributed by atoms with Gasteiger partial charge in [-0.3, -0.25) is 19.3 Å². The highest BCUT2D eigenvalue weighted by Crippen LogP contribution is 2.22. The van der Waals surface area contributed by atoms with Gasteiger partial charge in [-0.1, -0.05) is 6.92 Å². The second-order valence-electron chi connectivity index (χ2n) is 9.57. The van der Waals surface area contributed by atoms with Crippen LogP contribution in [0, 0.1) is 0 Å². The van der Waals surface area contributed by atoms with Crippen LogP contribution in [0.4, 0.5) is 0 Å². The molecule has 1 aliphatic heterocycles. The molecule has 31 heavy (non-hydrogen) atoms. The topological polar surface area (TPSA) is 96.0 Å². The van der Waals surface area contributed by atoms with E-state index in [0.29, 0.717) is 45.6 Å². The summed E-state index contributed by atoms with van der Waals surface area (Å²) in [4.78, 5) is 50.9. The molecule has 178 valence electrons. The monoisotopic (exact) mass is 439 g/mol. The van der Waals surface area contributed by atoms with Crippen molar-refractivity contribution in [2.75, 3.05) is 39.3 Å². The highest BCUT2D eigenvalue weighted by Gasteiger charge is 2.28. The largest absolute Gasteiger partial charge is 0.375 e. The number of carbonyl (C=O) groups excluding carboxylic acids is 4. The molecule has 1 rings (SSSR count). The lowest BCUT2D eigenvalue weighted by Crippen LogP contribution is -2.53. The van der Waals surface area contributed by atoms with Crippen molar-refractivity contribution in [3.05, 3.63) is 0 Å². The minimum atomic E-state index is -0.465. The fourth-order valence-corrected chi connectivity index (χ4v) is 3.64.